The van der Waals surface area contributed by atoms with Crippen molar-refractivity contribution < 1.29 is 51.9 Å². The molecular weight excluding hydrogens is 267 g/mol. The van der Waals surface area contributed by atoms with Crippen LogP contribution in [-0.2, 0) is 31.5 Å². The van der Waals surface area contributed by atoms with Crippen LogP contribution in [0.4, 0.5) is 0 Å². The number of carbonyl (C=O) groups is 3. The molecule has 82 valence electrons. The Labute approximate surface area is 106 Å². The molecule has 0 spiro atoms. The van der Waals surface area contributed by atoms with Crippen LogP contribution in [0.25, 0.3) is 0 Å². The van der Waals surface area contributed by atoms with Crippen LogP contribution in [0, 0.1) is 0 Å². The van der Waals surface area contributed by atoms with Crippen LogP contribution in [0.3, 0.4) is 0 Å². The number of hydrogen-bond donors (Lipinski definition) is 1. The Morgan fingerprint density at radius 1 is 1.00 bits per heavy atom. The van der Waals surface area contributed by atoms with Crippen molar-refractivity contribution in [1.29, 1.82) is 0 Å². The van der Waals surface area contributed by atoms with E-state index in [1.807, 2.05) is 0 Å². The Kier molecular flexibility index (Phi) is 10.2. The minimum absolute atomic E-state index is 0. The largest absolute Gasteiger partial charge is 3.00 e. The van der Waals surface area contributed by atoms with Crippen LogP contribution >= 0.6 is 0 Å². The average molecular weight is 272 g/mol. The minimum Gasteiger partial charge on any atom is -0.550 e. The van der Waals surface area contributed by atoms with Gasteiger partial charge in [-0.05, 0) is 0 Å². The molecule has 0 aromatic carbocycles. The Morgan fingerprint density at radius 3 is 1.40 bits per heavy atom. The second-order valence-electron chi connectivity index (χ2n) is 2.42. The third kappa shape index (κ3) is 7.36. The molecule has 0 aliphatic rings. The van der Waals surface area contributed by atoms with E-state index in [0.717, 1.165) is 0 Å². The van der Waals surface area contributed by atoms with Crippen LogP contribution < -0.4 is 15.3 Å². The molecule has 0 unspecified atom stereocenters. The fourth-order valence-electron chi connectivity index (χ4n) is 0.684. The summed E-state index contributed by atoms with van der Waals surface area (Å²) in [6, 6.07) is 0. The number of carboxylic acid groups (broad SMARTS) is 3. The van der Waals surface area contributed by atoms with Crippen molar-refractivity contribution in [2.24, 2.45) is 0 Å². The Morgan fingerprint density at radius 2 is 1.27 bits per heavy atom. The summed E-state index contributed by atoms with van der Waals surface area (Å²) in [6.45, 7) is 0. The second kappa shape index (κ2) is 7.68. The number of aliphatic hydroxyl groups is 1. The number of carbonyl (C=O) groups excluding carboxylic acids is 3. The van der Waals surface area contributed by atoms with Gasteiger partial charge in [0.25, 0.3) is 0 Å². The first-order valence-corrected chi connectivity index (χ1v) is 3.11. The van der Waals surface area contributed by atoms with Crippen molar-refractivity contribution in [2.75, 3.05) is 0 Å². The number of carboxylic acids is 3. The molecule has 0 rings (SSSR count). The van der Waals surface area contributed by atoms with Gasteiger partial charge in [0.05, 0.1) is 5.97 Å². The Bertz CT molecular complexity index is 238. The zero-order valence-electron chi connectivity index (χ0n) is 7.24. The average Bonchev–Trinajstić information content (AvgIpc) is 1.82. The van der Waals surface area contributed by atoms with Gasteiger partial charge in [0.1, 0.15) is 5.60 Å². The first-order chi connectivity index (χ1) is 5.78. The van der Waals surface area contributed by atoms with E-state index in [9.17, 15) is 29.7 Å². The second-order valence-corrected chi connectivity index (χ2v) is 2.42. The summed E-state index contributed by atoms with van der Waals surface area (Å²) in [6.07, 6.45) is -2.72. The molecule has 7 nitrogen and oxygen atoms in total. The Balaban J connectivity index is -0.000000720. The SMILES string of the molecule is O=C([O-])CC(O)(CC(=O)[O-])C(=O)[O-].[Al+3].[Fe]. The van der Waals surface area contributed by atoms with Gasteiger partial charge in [-0.25, -0.2) is 0 Å². The fourth-order valence-corrected chi connectivity index (χ4v) is 0.684. The molecule has 0 aliphatic heterocycles. The first-order valence-electron chi connectivity index (χ1n) is 3.11. The standard InChI is InChI=1S/C6H8O7.Al.Fe/c7-3(8)1-6(13,5(11)12)2-4(9)10;;/h13H,1-2H2,(H,7,8)(H,9,10)(H,11,12);;/q;+3;/p-3. The molecule has 0 aromatic heterocycles. The van der Waals surface area contributed by atoms with Gasteiger partial charge in [-0.3, -0.25) is 0 Å². The zero-order valence-corrected chi connectivity index (χ0v) is 9.50. The van der Waals surface area contributed by atoms with E-state index in [1.54, 1.807) is 0 Å². The maximum atomic E-state index is 10.1. The van der Waals surface area contributed by atoms with E-state index in [-0.39, 0.29) is 34.4 Å². The maximum absolute atomic E-state index is 10.1. The van der Waals surface area contributed by atoms with Crippen molar-refractivity contribution in [2.45, 2.75) is 18.4 Å². The third-order valence-corrected chi connectivity index (χ3v) is 1.25. The molecule has 15 heavy (non-hydrogen) atoms. The summed E-state index contributed by atoms with van der Waals surface area (Å²) >= 11 is 0. The first kappa shape index (κ1) is 19.9. The van der Waals surface area contributed by atoms with Crippen molar-refractivity contribution in [1.82, 2.24) is 0 Å². The molecule has 9 heteroatoms. The monoisotopic (exact) mass is 272 g/mol. The van der Waals surface area contributed by atoms with Gasteiger partial charge < -0.3 is 34.8 Å². The predicted octanol–water partition coefficient (Wildman–Crippen LogP) is -5.64. The molecule has 0 atom stereocenters. The van der Waals surface area contributed by atoms with E-state index in [1.165, 1.54) is 0 Å². The molecule has 0 saturated carbocycles. The summed E-state index contributed by atoms with van der Waals surface area (Å²) in [5, 5.41) is 38.9. The summed E-state index contributed by atoms with van der Waals surface area (Å²) in [5.41, 5.74) is -2.97. The van der Waals surface area contributed by atoms with Crippen LogP contribution in [-0.4, -0.2) is 46.0 Å². The summed E-state index contributed by atoms with van der Waals surface area (Å²) in [5.74, 6) is -5.98. The molecule has 0 aliphatic carbocycles. The van der Waals surface area contributed by atoms with Crippen molar-refractivity contribution in [3.05, 3.63) is 0 Å². The quantitative estimate of drug-likeness (QED) is 0.491. The van der Waals surface area contributed by atoms with Gasteiger partial charge in [0, 0.05) is 41.8 Å². The zero-order chi connectivity index (χ0) is 10.6. The van der Waals surface area contributed by atoms with Crippen LogP contribution in [0.5, 0.6) is 0 Å². The van der Waals surface area contributed by atoms with Crippen LogP contribution in [0.15, 0.2) is 0 Å². The number of aliphatic carboxylic acids is 3. The van der Waals surface area contributed by atoms with E-state index in [0.29, 0.717) is 0 Å². The molecule has 0 fully saturated rings. The Hall–Kier alpha value is -0.578. The molecule has 0 amide bonds. The normalized spacial score (nSPS) is 9.40. The third-order valence-electron chi connectivity index (χ3n) is 1.25. The van der Waals surface area contributed by atoms with Crippen LogP contribution in [0.2, 0.25) is 0 Å². The molecule has 0 aromatic rings. The predicted molar refractivity (Wildman–Crippen MR) is 35.0 cm³/mol. The summed E-state index contributed by atoms with van der Waals surface area (Å²) in [4.78, 5) is 30.0. The van der Waals surface area contributed by atoms with Gasteiger partial charge >= 0.3 is 17.4 Å². The van der Waals surface area contributed by atoms with E-state index >= 15 is 0 Å². The number of hydrogen-bond acceptors (Lipinski definition) is 7. The molecule has 0 saturated heterocycles. The molecule has 0 heterocycles. The molecule has 0 radical (unpaired) electrons. The van der Waals surface area contributed by atoms with Gasteiger partial charge in [-0.15, -0.1) is 0 Å². The van der Waals surface area contributed by atoms with Gasteiger partial charge in [-0.2, -0.15) is 0 Å². The summed E-state index contributed by atoms with van der Waals surface area (Å²) in [7, 11) is 0. The van der Waals surface area contributed by atoms with Gasteiger partial charge in [0.15, 0.2) is 0 Å². The smallest absolute Gasteiger partial charge is 0.550 e. The van der Waals surface area contributed by atoms with Crippen molar-refractivity contribution in [3.8, 4) is 0 Å². The minimum atomic E-state index is -2.97. The fraction of sp³-hybridized carbons (Fsp3) is 0.500. The number of rotatable bonds is 5. The topological polar surface area (TPSA) is 141 Å². The van der Waals surface area contributed by atoms with E-state index in [4.69, 9.17) is 5.11 Å². The summed E-state index contributed by atoms with van der Waals surface area (Å²) < 4.78 is 0. The molecule has 1 N–H and O–H groups in total. The maximum Gasteiger partial charge on any atom is 3.00 e. The van der Waals surface area contributed by atoms with E-state index in [2.05, 4.69) is 0 Å². The van der Waals surface area contributed by atoms with E-state index < -0.39 is 36.4 Å². The van der Waals surface area contributed by atoms with Crippen molar-refractivity contribution in [3.63, 3.8) is 0 Å². The van der Waals surface area contributed by atoms with Gasteiger partial charge in [0.2, 0.25) is 0 Å². The van der Waals surface area contributed by atoms with Crippen molar-refractivity contribution >= 4 is 35.3 Å². The van der Waals surface area contributed by atoms with Gasteiger partial charge in [-0.1, -0.05) is 0 Å². The molecule has 0 bridgehead atoms. The molecular formula is C6H5AlFeO7. The van der Waals surface area contributed by atoms with Crippen LogP contribution in [0.1, 0.15) is 12.8 Å².